The minimum Gasteiger partial charge on any atom is -0.497 e. The molecule has 1 aliphatic heterocycles. The van der Waals surface area contributed by atoms with E-state index in [1.807, 2.05) is 36.0 Å². The predicted molar refractivity (Wildman–Crippen MR) is 63.4 cm³/mol. The summed E-state index contributed by atoms with van der Waals surface area (Å²) in [6.07, 6.45) is 1.94. The lowest BCUT2D eigenvalue weighted by Crippen LogP contribution is -2.31. The van der Waals surface area contributed by atoms with Crippen molar-refractivity contribution in [1.29, 1.82) is 0 Å². The fourth-order valence-corrected chi connectivity index (χ4v) is 3.06. The van der Waals surface area contributed by atoms with E-state index < -0.39 is 5.60 Å². The predicted octanol–water partition coefficient (Wildman–Crippen LogP) is 2.41. The summed E-state index contributed by atoms with van der Waals surface area (Å²) in [4.78, 5) is 0. The zero-order valence-electron chi connectivity index (χ0n) is 8.90. The molecule has 1 aromatic rings. The molecule has 0 spiro atoms. The summed E-state index contributed by atoms with van der Waals surface area (Å²) >= 11 is 1.82. The molecular formula is C12H16O2S. The van der Waals surface area contributed by atoms with Crippen molar-refractivity contribution in [2.45, 2.75) is 18.4 Å². The Hall–Kier alpha value is -0.670. The fourth-order valence-electron chi connectivity index (χ4n) is 1.92. The van der Waals surface area contributed by atoms with Gasteiger partial charge in [-0.25, -0.2) is 0 Å². The molecule has 0 bridgehead atoms. The average Bonchev–Trinajstić information content (AvgIpc) is 2.30. The number of aliphatic hydroxyl groups is 1. The minimum absolute atomic E-state index is 0.655. The Labute approximate surface area is 94.6 Å². The zero-order valence-corrected chi connectivity index (χ0v) is 9.72. The Bertz CT molecular complexity index is 332. The summed E-state index contributed by atoms with van der Waals surface area (Å²) < 4.78 is 5.17. The highest BCUT2D eigenvalue weighted by atomic mass is 32.2. The van der Waals surface area contributed by atoms with Crippen LogP contribution in [0.25, 0.3) is 0 Å². The van der Waals surface area contributed by atoms with Gasteiger partial charge in [0.1, 0.15) is 5.75 Å². The molecular weight excluding hydrogens is 208 g/mol. The van der Waals surface area contributed by atoms with Crippen LogP contribution in [0.2, 0.25) is 0 Å². The molecule has 0 aromatic heterocycles. The lowest BCUT2D eigenvalue weighted by Gasteiger charge is -2.32. The Balaban J connectivity index is 2.26. The van der Waals surface area contributed by atoms with Crippen LogP contribution in [0.5, 0.6) is 5.75 Å². The van der Waals surface area contributed by atoms with E-state index in [1.54, 1.807) is 7.11 Å². The van der Waals surface area contributed by atoms with E-state index in [4.69, 9.17) is 4.74 Å². The summed E-state index contributed by atoms with van der Waals surface area (Å²) in [6, 6.07) is 7.76. The van der Waals surface area contributed by atoms with Crippen molar-refractivity contribution in [3.05, 3.63) is 29.8 Å². The van der Waals surface area contributed by atoms with Crippen molar-refractivity contribution in [1.82, 2.24) is 0 Å². The second-order valence-corrected chi connectivity index (χ2v) is 5.02. The van der Waals surface area contributed by atoms with Crippen LogP contribution in [0.15, 0.2) is 24.3 Å². The maximum Gasteiger partial charge on any atom is 0.119 e. The molecule has 0 aliphatic carbocycles. The van der Waals surface area contributed by atoms with Crippen molar-refractivity contribution in [2.24, 2.45) is 0 Å². The molecule has 1 atom stereocenters. The molecule has 0 saturated carbocycles. The molecule has 2 nitrogen and oxygen atoms in total. The van der Waals surface area contributed by atoms with Gasteiger partial charge in [0.05, 0.1) is 12.7 Å². The monoisotopic (exact) mass is 224 g/mol. The summed E-state index contributed by atoms with van der Waals surface area (Å²) in [5.41, 5.74) is 0.325. The number of thioether (sulfide) groups is 1. The molecule has 1 saturated heterocycles. The molecule has 1 aromatic carbocycles. The standard InChI is InChI=1S/C12H16O2S/c1-14-11-5-2-4-10(8-11)12(13)6-3-7-15-9-12/h2,4-5,8,13H,3,6-7,9H2,1H3/t12-/m0/s1. The number of methoxy groups -OCH3 is 1. The lowest BCUT2D eigenvalue weighted by atomic mass is 9.91. The van der Waals surface area contributed by atoms with Gasteiger partial charge in [0.15, 0.2) is 0 Å². The maximum absolute atomic E-state index is 10.5. The van der Waals surface area contributed by atoms with Gasteiger partial charge in [-0.15, -0.1) is 0 Å². The molecule has 0 unspecified atom stereocenters. The van der Waals surface area contributed by atoms with Gasteiger partial charge in [-0.2, -0.15) is 11.8 Å². The second-order valence-electron chi connectivity index (χ2n) is 3.92. The fraction of sp³-hybridized carbons (Fsp3) is 0.500. The van der Waals surface area contributed by atoms with E-state index in [2.05, 4.69) is 0 Å². The molecule has 0 radical (unpaired) electrons. The van der Waals surface area contributed by atoms with E-state index in [-0.39, 0.29) is 0 Å². The van der Waals surface area contributed by atoms with Gasteiger partial charge in [-0.05, 0) is 36.3 Å². The first-order valence-electron chi connectivity index (χ1n) is 5.19. The average molecular weight is 224 g/mol. The second kappa shape index (κ2) is 4.45. The summed E-state index contributed by atoms with van der Waals surface area (Å²) in [5, 5.41) is 10.5. The van der Waals surface area contributed by atoms with E-state index >= 15 is 0 Å². The highest BCUT2D eigenvalue weighted by molar-refractivity contribution is 7.99. The minimum atomic E-state index is -0.655. The maximum atomic E-state index is 10.5. The van der Waals surface area contributed by atoms with Crippen LogP contribution >= 0.6 is 11.8 Å². The van der Waals surface area contributed by atoms with E-state index in [9.17, 15) is 5.11 Å². The molecule has 1 aliphatic rings. The van der Waals surface area contributed by atoms with Crippen molar-refractivity contribution < 1.29 is 9.84 Å². The van der Waals surface area contributed by atoms with Gasteiger partial charge >= 0.3 is 0 Å². The van der Waals surface area contributed by atoms with Crippen molar-refractivity contribution >= 4 is 11.8 Å². The number of ether oxygens (including phenoxy) is 1. The Morgan fingerprint density at radius 3 is 3.00 bits per heavy atom. The van der Waals surface area contributed by atoms with E-state index in [1.165, 1.54) is 0 Å². The first-order chi connectivity index (χ1) is 7.24. The van der Waals surface area contributed by atoms with E-state index in [0.717, 1.165) is 35.7 Å². The molecule has 15 heavy (non-hydrogen) atoms. The normalized spacial score (nSPS) is 26.3. The SMILES string of the molecule is COc1cccc([C@]2(O)CCCSC2)c1. The van der Waals surface area contributed by atoms with Crippen LogP contribution in [0.3, 0.4) is 0 Å². The largest absolute Gasteiger partial charge is 0.497 e. The molecule has 1 heterocycles. The Morgan fingerprint density at radius 2 is 2.33 bits per heavy atom. The quantitative estimate of drug-likeness (QED) is 0.836. The molecule has 3 heteroatoms. The van der Waals surface area contributed by atoms with Gasteiger partial charge in [0, 0.05) is 5.75 Å². The highest BCUT2D eigenvalue weighted by Gasteiger charge is 2.31. The topological polar surface area (TPSA) is 29.5 Å². The third-order valence-corrected chi connectivity index (χ3v) is 4.09. The number of hydrogen-bond donors (Lipinski definition) is 1. The van der Waals surface area contributed by atoms with Gasteiger partial charge in [0.25, 0.3) is 0 Å². The first kappa shape index (κ1) is 10.8. The first-order valence-corrected chi connectivity index (χ1v) is 6.35. The molecule has 1 fully saturated rings. The lowest BCUT2D eigenvalue weighted by molar-refractivity contribution is 0.0493. The van der Waals surface area contributed by atoms with Crippen LogP contribution in [0.1, 0.15) is 18.4 Å². The Kier molecular flexibility index (Phi) is 3.22. The highest BCUT2D eigenvalue weighted by Crippen LogP contribution is 2.36. The van der Waals surface area contributed by atoms with Crippen LogP contribution in [0, 0.1) is 0 Å². The van der Waals surface area contributed by atoms with Crippen molar-refractivity contribution in [3.8, 4) is 5.75 Å². The smallest absolute Gasteiger partial charge is 0.119 e. The molecule has 0 amide bonds. The van der Waals surface area contributed by atoms with E-state index in [0.29, 0.717) is 0 Å². The van der Waals surface area contributed by atoms with Crippen LogP contribution in [-0.4, -0.2) is 23.7 Å². The van der Waals surface area contributed by atoms with Gasteiger partial charge < -0.3 is 9.84 Å². The molecule has 1 N–H and O–H groups in total. The van der Waals surface area contributed by atoms with Crippen LogP contribution in [-0.2, 0) is 5.60 Å². The zero-order chi connectivity index (χ0) is 10.7. The van der Waals surface area contributed by atoms with Gasteiger partial charge in [0.2, 0.25) is 0 Å². The van der Waals surface area contributed by atoms with Crippen molar-refractivity contribution in [2.75, 3.05) is 18.6 Å². The van der Waals surface area contributed by atoms with Crippen molar-refractivity contribution in [3.63, 3.8) is 0 Å². The summed E-state index contributed by atoms with van der Waals surface area (Å²) in [5.74, 6) is 2.77. The number of hydrogen-bond acceptors (Lipinski definition) is 3. The molecule has 82 valence electrons. The number of rotatable bonds is 2. The van der Waals surface area contributed by atoms with Gasteiger partial charge in [-0.1, -0.05) is 12.1 Å². The summed E-state index contributed by atoms with van der Waals surface area (Å²) in [7, 11) is 1.65. The van der Waals surface area contributed by atoms with Crippen LogP contribution < -0.4 is 4.74 Å². The molecule has 2 rings (SSSR count). The summed E-state index contributed by atoms with van der Waals surface area (Å²) in [6.45, 7) is 0. The number of benzene rings is 1. The third kappa shape index (κ3) is 2.29. The van der Waals surface area contributed by atoms with Gasteiger partial charge in [-0.3, -0.25) is 0 Å². The van der Waals surface area contributed by atoms with Crippen LogP contribution in [0.4, 0.5) is 0 Å². The third-order valence-electron chi connectivity index (χ3n) is 2.83. The Morgan fingerprint density at radius 1 is 1.47 bits per heavy atom.